The number of piperidine rings is 1. The molecular weight excluding hydrogens is 244 g/mol. The van der Waals surface area contributed by atoms with Gasteiger partial charge in [-0.15, -0.1) is 0 Å². The lowest BCUT2D eigenvalue weighted by Gasteiger charge is -2.35. The molecule has 1 saturated heterocycles. The van der Waals surface area contributed by atoms with E-state index in [0.717, 1.165) is 18.3 Å². The van der Waals surface area contributed by atoms with Gasteiger partial charge >= 0.3 is 0 Å². The van der Waals surface area contributed by atoms with Gasteiger partial charge in [0.25, 0.3) is 0 Å². The van der Waals surface area contributed by atoms with Crippen LogP contribution in [0.25, 0.3) is 0 Å². The lowest BCUT2D eigenvalue weighted by atomic mass is 9.86. The van der Waals surface area contributed by atoms with Crippen molar-refractivity contribution in [3.8, 4) is 0 Å². The smallest absolute Gasteiger partial charge is 0.131 e. The molecule has 1 aliphatic rings. The van der Waals surface area contributed by atoms with Crippen LogP contribution in [0.5, 0.6) is 0 Å². The molecule has 1 aromatic rings. The van der Waals surface area contributed by atoms with Gasteiger partial charge in [-0.05, 0) is 48.1 Å². The van der Waals surface area contributed by atoms with E-state index in [4.69, 9.17) is 4.98 Å². The van der Waals surface area contributed by atoms with Crippen LogP contribution in [0, 0.1) is 11.8 Å². The molecule has 0 saturated carbocycles. The van der Waals surface area contributed by atoms with E-state index in [0.29, 0.717) is 5.92 Å². The van der Waals surface area contributed by atoms with E-state index in [2.05, 4.69) is 51.8 Å². The molecule has 0 amide bonds. The van der Waals surface area contributed by atoms with Crippen molar-refractivity contribution < 1.29 is 0 Å². The zero-order valence-corrected chi connectivity index (χ0v) is 13.8. The van der Waals surface area contributed by atoms with Crippen molar-refractivity contribution in [1.82, 2.24) is 4.98 Å². The minimum atomic E-state index is 0.563. The highest BCUT2D eigenvalue weighted by molar-refractivity contribution is 5.49. The fourth-order valence-electron chi connectivity index (χ4n) is 3.16. The normalized spacial score (nSPS) is 17.2. The maximum Gasteiger partial charge on any atom is 0.131 e. The third-order valence-electron chi connectivity index (χ3n) is 4.79. The van der Waals surface area contributed by atoms with E-state index in [-0.39, 0.29) is 0 Å². The van der Waals surface area contributed by atoms with E-state index in [1.807, 2.05) is 0 Å². The second kappa shape index (κ2) is 6.60. The third-order valence-corrected chi connectivity index (χ3v) is 4.79. The van der Waals surface area contributed by atoms with Gasteiger partial charge in [-0.2, -0.15) is 0 Å². The Hall–Kier alpha value is -1.05. The highest BCUT2D eigenvalue weighted by Gasteiger charge is 2.23. The number of anilines is 1. The Morgan fingerprint density at radius 2 is 1.85 bits per heavy atom. The van der Waals surface area contributed by atoms with Crippen LogP contribution < -0.4 is 4.90 Å². The molecule has 2 rings (SSSR count). The summed E-state index contributed by atoms with van der Waals surface area (Å²) in [5.74, 6) is 3.51. The summed E-state index contributed by atoms with van der Waals surface area (Å²) in [6.45, 7) is 13.8. The lowest BCUT2D eigenvalue weighted by molar-refractivity contribution is 0.310. The maximum atomic E-state index is 4.79. The second-order valence-corrected chi connectivity index (χ2v) is 6.83. The minimum Gasteiger partial charge on any atom is -0.356 e. The largest absolute Gasteiger partial charge is 0.356 e. The predicted molar refractivity (Wildman–Crippen MR) is 87.5 cm³/mol. The standard InChI is InChI=1S/C18H30N2/c1-6-15-11-17(14(4)5)12-19-18(15)20-9-7-16(8-10-20)13(2)3/h11-14,16H,6-10H2,1-5H3. The summed E-state index contributed by atoms with van der Waals surface area (Å²) in [6.07, 6.45) is 5.78. The van der Waals surface area contributed by atoms with E-state index < -0.39 is 0 Å². The van der Waals surface area contributed by atoms with Crippen molar-refractivity contribution in [2.45, 2.75) is 59.8 Å². The molecule has 2 nitrogen and oxygen atoms in total. The van der Waals surface area contributed by atoms with E-state index >= 15 is 0 Å². The topological polar surface area (TPSA) is 16.1 Å². The van der Waals surface area contributed by atoms with Crippen molar-refractivity contribution in [1.29, 1.82) is 0 Å². The Bertz CT molecular complexity index is 429. The Morgan fingerprint density at radius 3 is 2.35 bits per heavy atom. The van der Waals surface area contributed by atoms with E-state index in [1.165, 1.54) is 42.9 Å². The zero-order chi connectivity index (χ0) is 14.7. The molecule has 0 atom stereocenters. The lowest BCUT2D eigenvalue weighted by Crippen LogP contribution is -2.36. The van der Waals surface area contributed by atoms with Gasteiger partial charge in [0, 0.05) is 19.3 Å². The molecule has 0 radical (unpaired) electrons. The van der Waals surface area contributed by atoms with Gasteiger partial charge in [-0.25, -0.2) is 4.98 Å². The fourth-order valence-corrected chi connectivity index (χ4v) is 3.16. The van der Waals surface area contributed by atoms with Gasteiger partial charge in [-0.3, -0.25) is 0 Å². The molecule has 0 bridgehead atoms. The monoisotopic (exact) mass is 274 g/mol. The summed E-state index contributed by atoms with van der Waals surface area (Å²) < 4.78 is 0. The van der Waals surface area contributed by atoms with E-state index in [1.54, 1.807) is 0 Å². The van der Waals surface area contributed by atoms with Crippen molar-refractivity contribution in [2.24, 2.45) is 11.8 Å². The number of rotatable bonds is 4. The first-order valence-electron chi connectivity index (χ1n) is 8.26. The van der Waals surface area contributed by atoms with E-state index in [9.17, 15) is 0 Å². The molecule has 0 aliphatic carbocycles. The number of pyridine rings is 1. The first-order chi connectivity index (χ1) is 9.52. The summed E-state index contributed by atoms with van der Waals surface area (Å²) in [5.41, 5.74) is 2.78. The van der Waals surface area contributed by atoms with Gasteiger partial charge in [-0.1, -0.05) is 40.7 Å². The number of aryl methyl sites for hydroxylation is 1. The van der Waals surface area contributed by atoms with Gasteiger partial charge in [0.15, 0.2) is 0 Å². The number of hydrogen-bond donors (Lipinski definition) is 0. The SMILES string of the molecule is CCc1cc(C(C)C)cnc1N1CCC(C(C)C)CC1. The average Bonchev–Trinajstić information content (AvgIpc) is 2.46. The predicted octanol–water partition coefficient (Wildman–Crippen LogP) is 4.64. The highest BCUT2D eigenvalue weighted by Crippen LogP contribution is 2.29. The molecule has 1 fully saturated rings. The maximum absolute atomic E-state index is 4.79. The molecule has 2 heteroatoms. The summed E-state index contributed by atoms with van der Waals surface area (Å²) in [6, 6.07) is 2.36. The molecule has 1 aliphatic heterocycles. The first kappa shape index (κ1) is 15.3. The van der Waals surface area contributed by atoms with Crippen LogP contribution in [-0.4, -0.2) is 18.1 Å². The summed E-state index contributed by atoms with van der Waals surface area (Å²) >= 11 is 0. The number of hydrogen-bond acceptors (Lipinski definition) is 2. The van der Waals surface area contributed by atoms with Crippen molar-refractivity contribution in [2.75, 3.05) is 18.0 Å². The third kappa shape index (κ3) is 3.34. The Morgan fingerprint density at radius 1 is 1.20 bits per heavy atom. The summed E-state index contributed by atoms with van der Waals surface area (Å²) in [4.78, 5) is 7.29. The van der Waals surface area contributed by atoms with Crippen LogP contribution in [0.4, 0.5) is 5.82 Å². The first-order valence-corrected chi connectivity index (χ1v) is 8.26. The van der Waals surface area contributed by atoms with Gasteiger partial charge in [0.1, 0.15) is 5.82 Å². The molecule has 0 unspecified atom stereocenters. The molecule has 0 N–H and O–H groups in total. The molecule has 2 heterocycles. The summed E-state index contributed by atoms with van der Waals surface area (Å²) in [5, 5.41) is 0. The van der Waals surface area contributed by atoms with Crippen molar-refractivity contribution in [3.05, 3.63) is 23.4 Å². The molecular formula is C18H30N2. The molecule has 20 heavy (non-hydrogen) atoms. The fraction of sp³-hybridized carbons (Fsp3) is 0.722. The van der Waals surface area contributed by atoms with Crippen LogP contribution in [0.2, 0.25) is 0 Å². The quantitative estimate of drug-likeness (QED) is 0.795. The van der Waals surface area contributed by atoms with Crippen LogP contribution in [0.3, 0.4) is 0 Å². The highest BCUT2D eigenvalue weighted by atomic mass is 15.2. The second-order valence-electron chi connectivity index (χ2n) is 6.83. The Labute approximate surface area is 124 Å². The summed E-state index contributed by atoms with van der Waals surface area (Å²) in [7, 11) is 0. The average molecular weight is 274 g/mol. The van der Waals surface area contributed by atoms with Crippen LogP contribution in [-0.2, 0) is 6.42 Å². The van der Waals surface area contributed by atoms with Crippen molar-refractivity contribution in [3.63, 3.8) is 0 Å². The van der Waals surface area contributed by atoms with Gasteiger partial charge in [0.05, 0.1) is 0 Å². The van der Waals surface area contributed by atoms with Crippen LogP contribution >= 0.6 is 0 Å². The minimum absolute atomic E-state index is 0.563. The van der Waals surface area contributed by atoms with Crippen molar-refractivity contribution >= 4 is 5.82 Å². The number of nitrogens with zero attached hydrogens (tertiary/aromatic N) is 2. The molecule has 112 valence electrons. The molecule has 1 aromatic heterocycles. The Balaban J connectivity index is 2.13. The van der Waals surface area contributed by atoms with Crippen LogP contribution in [0.1, 0.15) is 64.5 Å². The molecule has 0 spiro atoms. The van der Waals surface area contributed by atoms with Gasteiger partial charge < -0.3 is 4.90 Å². The zero-order valence-electron chi connectivity index (χ0n) is 13.8. The molecule has 0 aromatic carbocycles. The van der Waals surface area contributed by atoms with Crippen LogP contribution in [0.15, 0.2) is 12.3 Å². The van der Waals surface area contributed by atoms with Gasteiger partial charge in [0.2, 0.25) is 0 Å². The Kier molecular flexibility index (Phi) is 5.06. The number of aromatic nitrogens is 1.